The van der Waals surface area contributed by atoms with Gasteiger partial charge in [-0.2, -0.15) is 0 Å². The van der Waals surface area contributed by atoms with E-state index in [1.165, 1.54) is 6.92 Å². The van der Waals surface area contributed by atoms with E-state index in [4.69, 9.17) is 0 Å². The summed E-state index contributed by atoms with van der Waals surface area (Å²) in [4.78, 5) is 10.0. The number of carbonyl (C=O) groups excluding carboxylic acids is 1. The number of aliphatic hydroxyl groups is 1. The summed E-state index contributed by atoms with van der Waals surface area (Å²) in [7, 11) is 0. The largest absolute Gasteiger partial charge is 0.431 e. The predicted molar refractivity (Wildman–Crippen MR) is 43.2 cm³/mol. The molecule has 1 unspecified atom stereocenters. The molecule has 0 amide bonds. The Kier molecular flexibility index (Phi) is 2.45. The fourth-order valence-electron chi connectivity index (χ4n) is 0.909. The van der Waals surface area contributed by atoms with Gasteiger partial charge < -0.3 is 9.84 Å². The van der Waals surface area contributed by atoms with Crippen LogP contribution < -0.4 is 0 Å². The molecule has 0 saturated carbocycles. The van der Waals surface area contributed by atoms with Crippen molar-refractivity contribution >= 4 is 6.47 Å². The van der Waals surface area contributed by atoms with E-state index in [2.05, 4.69) is 4.74 Å². The minimum Gasteiger partial charge on any atom is -0.431 e. The topological polar surface area (TPSA) is 46.5 Å². The summed E-state index contributed by atoms with van der Waals surface area (Å²) in [5.74, 6) is -1.52. The second kappa shape index (κ2) is 3.36. The fraction of sp³-hybridized carbons (Fsp3) is 0.222. The molecule has 0 aliphatic heterocycles. The first-order chi connectivity index (χ1) is 5.67. The van der Waals surface area contributed by atoms with E-state index in [9.17, 15) is 9.90 Å². The molecule has 0 aromatic heterocycles. The second-order valence-corrected chi connectivity index (χ2v) is 2.56. The summed E-state index contributed by atoms with van der Waals surface area (Å²) in [6.07, 6.45) is 0. The Morgan fingerprint density at radius 2 is 2.00 bits per heavy atom. The van der Waals surface area contributed by atoms with Crippen LogP contribution in [0.3, 0.4) is 0 Å². The molecule has 0 radical (unpaired) electrons. The van der Waals surface area contributed by atoms with Crippen LogP contribution in [-0.4, -0.2) is 11.6 Å². The molecule has 1 aromatic rings. The minimum atomic E-state index is -1.52. The molecule has 0 fully saturated rings. The molecule has 1 N–H and O–H groups in total. The van der Waals surface area contributed by atoms with Crippen LogP contribution in [0.15, 0.2) is 30.3 Å². The maximum Gasteiger partial charge on any atom is 0.295 e. The standard InChI is InChI=1S/C9H10O3/c1-9(11,12-7-10)8-5-3-2-4-6-8/h2-7,11H,1H3. The van der Waals surface area contributed by atoms with Gasteiger partial charge in [0.05, 0.1) is 0 Å². The molecule has 0 spiro atoms. The summed E-state index contributed by atoms with van der Waals surface area (Å²) >= 11 is 0. The zero-order valence-corrected chi connectivity index (χ0v) is 6.73. The molecule has 1 aromatic carbocycles. The van der Waals surface area contributed by atoms with Gasteiger partial charge in [-0.05, 0) is 0 Å². The van der Waals surface area contributed by atoms with Crippen molar-refractivity contribution in [2.45, 2.75) is 12.7 Å². The lowest BCUT2D eigenvalue weighted by Gasteiger charge is -2.20. The molecule has 0 aliphatic carbocycles. The van der Waals surface area contributed by atoms with Gasteiger partial charge in [0.15, 0.2) is 0 Å². The third kappa shape index (κ3) is 1.83. The zero-order valence-electron chi connectivity index (χ0n) is 6.73. The number of rotatable bonds is 3. The van der Waals surface area contributed by atoms with Gasteiger partial charge in [-0.15, -0.1) is 0 Å². The maximum atomic E-state index is 10.0. The molecule has 0 bridgehead atoms. The van der Waals surface area contributed by atoms with Crippen molar-refractivity contribution in [3.63, 3.8) is 0 Å². The second-order valence-electron chi connectivity index (χ2n) is 2.56. The molecule has 64 valence electrons. The Hall–Kier alpha value is -1.35. The van der Waals surface area contributed by atoms with Crippen molar-refractivity contribution in [3.8, 4) is 0 Å². The summed E-state index contributed by atoms with van der Waals surface area (Å²) in [5, 5.41) is 9.53. The zero-order chi connectivity index (χ0) is 9.03. The van der Waals surface area contributed by atoms with Crippen LogP contribution in [0.1, 0.15) is 12.5 Å². The van der Waals surface area contributed by atoms with Crippen molar-refractivity contribution in [1.82, 2.24) is 0 Å². The first-order valence-corrected chi connectivity index (χ1v) is 3.56. The van der Waals surface area contributed by atoms with E-state index in [1.54, 1.807) is 24.3 Å². The lowest BCUT2D eigenvalue weighted by atomic mass is 10.1. The Labute approximate surface area is 70.6 Å². The Balaban J connectivity index is 2.89. The minimum absolute atomic E-state index is 0.229. The van der Waals surface area contributed by atoms with Crippen LogP contribution in [0.5, 0.6) is 0 Å². The quantitative estimate of drug-likeness (QED) is 0.538. The highest BCUT2D eigenvalue weighted by molar-refractivity contribution is 5.39. The van der Waals surface area contributed by atoms with Crippen molar-refractivity contribution in [2.75, 3.05) is 0 Å². The fourth-order valence-corrected chi connectivity index (χ4v) is 0.909. The molecule has 0 heterocycles. The first kappa shape index (κ1) is 8.74. The summed E-state index contributed by atoms with van der Waals surface area (Å²) in [6.45, 7) is 1.64. The van der Waals surface area contributed by atoms with E-state index >= 15 is 0 Å². The van der Waals surface area contributed by atoms with E-state index in [1.807, 2.05) is 6.07 Å². The lowest BCUT2D eigenvalue weighted by molar-refractivity contribution is -0.192. The predicted octanol–water partition coefficient (Wildman–Crippen LogP) is 1.02. The van der Waals surface area contributed by atoms with Crippen molar-refractivity contribution < 1.29 is 14.6 Å². The first-order valence-electron chi connectivity index (χ1n) is 3.56. The third-order valence-corrected chi connectivity index (χ3v) is 1.59. The molecular weight excluding hydrogens is 156 g/mol. The van der Waals surface area contributed by atoms with Gasteiger partial charge >= 0.3 is 0 Å². The molecule has 0 aliphatic rings. The van der Waals surface area contributed by atoms with Crippen LogP contribution in [0.4, 0.5) is 0 Å². The molecule has 1 rings (SSSR count). The van der Waals surface area contributed by atoms with Crippen molar-refractivity contribution in [3.05, 3.63) is 35.9 Å². The number of hydrogen-bond acceptors (Lipinski definition) is 3. The Bertz CT molecular complexity index is 254. The van der Waals surface area contributed by atoms with E-state index in [0.29, 0.717) is 5.56 Å². The average molecular weight is 166 g/mol. The van der Waals surface area contributed by atoms with Gasteiger partial charge in [0, 0.05) is 12.5 Å². The smallest absolute Gasteiger partial charge is 0.295 e. The molecule has 0 saturated heterocycles. The van der Waals surface area contributed by atoms with Gasteiger partial charge in [0.2, 0.25) is 5.79 Å². The van der Waals surface area contributed by atoms with Crippen molar-refractivity contribution in [2.24, 2.45) is 0 Å². The van der Waals surface area contributed by atoms with Crippen molar-refractivity contribution in [1.29, 1.82) is 0 Å². The van der Waals surface area contributed by atoms with Gasteiger partial charge in [0.25, 0.3) is 6.47 Å². The molecule has 12 heavy (non-hydrogen) atoms. The Morgan fingerprint density at radius 1 is 1.42 bits per heavy atom. The number of hydrogen-bond donors (Lipinski definition) is 1. The van der Waals surface area contributed by atoms with Gasteiger partial charge in [-0.3, -0.25) is 4.79 Å². The monoisotopic (exact) mass is 166 g/mol. The number of benzene rings is 1. The highest BCUT2D eigenvalue weighted by atomic mass is 16.6. The summed E-state index contributed by atoms with van der Waals surface area (Å²) in [6, 6.07) is 8.71. The van der Waals surface area contributed by atoms with Gasteiger partial charge in [-0.1, -0.05) is 30.3 Å². The maximum absolute atomic E-state index is 10.0. The van der Waals surface area contributed by atoms with E-state index in [0.717, 1.165) is 0 Å². The van der Waals surface area contributed by atoms with Gasteiger partial charge in [0.1, 0.15) is 0 Å². The van der Waals surface area contributed by atoms with Crippen LogP contribution >= 0.6 is 0 Å². The van der Waals surface area contributed by atoms with Crippen LogP contribution in [0.25, 0.3) is 0 Å². The molecule has 3 nitrogen and oxygen atoms in total. The average Bonchev–Trinajstić information content (AvgIpc) is 2.06. The highest BCUT2D eigenvalue weighted by Gasteiger charge is 2.23. The SMILES string of the molecule is CC(O)(OC=O)c1ccccc1. The number of carbonyl (C=O) groups is 1. The molecule has 1 atom stereocenters. The van der Waals surface area contributed by atoms with Crippen LogP contribution in [0.2, 0.25) is 0 Å². The summed E-state index contributed by atoms with van der Waals surface area (Å²) in [5.41, 5.74) is 0.553. The van der Waals surface area contributed by atoms with Gasteiger partial charge in [-0.25, -0.2) is 0 Å². The van der Waals surface area contributed by atoms with E-state index < -0.39 is 5.79 Å². The number of ether oxygens (including phenoxy) is 1. The third-order valence-electron chi connectivity index (χ3n) is 1.59. The lowest BCUT2D eigenvalue weighted by Crippen LogP contribution is -2.24. The highest BCUT2D eigenvalue weighted by Crippen LogP contribution is 2.19. The summed E-state index contributed by atoms with van der Waals surface area (Å²) < 4.78 is 4.49. The molecule has 3 heteroatoms. The van der Waals surface area contributed by atoms with E-state index in [-0.39, 0.29) is 6.47 Å². The normalized spacial score (nSPS) is 14.8. The Morgan fingerprint density at radius 3 is 2.50 bits per heavy atom. The van der Waals surface area contributed by atoms with Crippen LogP contribution in [-0.2, 0) is 15.3 Å². The van der Waals surface area contributed by atoms with Crippen LogP contribution in [0, 0.1) is 0 Å². The molecular formula is C9H10O3.